The number of hydrogen-bond donors (Lipinski definition) is 0. The molecule has 0 aliphatic heterocycles. The highest BCUT2D eigenvalue weighted by molar-refractivity contribution is 6.97. The third kappa shape index (κ3) is 5.08. The van der Waals surface area contributed by atoms with E-state index < -0.39 is 0 Å². The van der Waals surface area contributed by atoms with E-state index in [4.69, 9.17) is 0 Å². The van der Waals surface area contributed by atoms with Crippen molar-refractivity contribution in [1.29, 1.82) is 0 Å². The van der Waals surface area contributed by atoms with Gasteiger partial charge in [0.2, 0.25) is 0 Å². The molecular formula is C8H24N2Si2. The maximum Gasteiger partial charge on any atom is 0.0968 e. The van der Waals surface area contributed by atoms with Gasteiger partial charge in [0.05, 0.1) is 18.4 Å². The van der Waals surface area contributed by atoms with Crippen LogP contribution >= 0.6 is 0 Å². The molecule has 0 saturated heterocycles. The van der Waals surface area contributed by atoms with E-state index in [0.717, 1.165) is 0 Å². The molecule has 12 heavy (non-hydrogen) atoms. The molecule has 0 radical (unpaired) electrons. The van der Waals surface area contributed by atoms with Crippen LogP contribution in [-0.2, 0) is 0 Å². The molecule has 0 unspecified atom stereocenters. The lowest BCUT2D eigenvalue weighted by Gasteiger charge is -2.23. The van der Waals surface area contributed by atoms with Crippen molar-refractivity contribution in [3.63, 3.8) is 0 Å². The molecule has 0 aromatic carbocycles. The van der Waals surface area contributed by atoms with Crippen molar-refractivity contribution in [3.8, 4) is 0 Å². The van der Waals surface area contributed by atoms with Crippen LogP contribution in [0.4, 0.5) is 0 Å². The Balaban J connectivity index is 3.49. The minimum atomic E-state index is 0.154. The van der Waals surface area contributed by atoms with Crippen molar-refractivity contribution < 1.29 is 0 Å². The van der Waals surface area contributed by atoms with Crippen LogP contribution in [0.15, 0.2) is 0 Å². The Labute approximate surface area is 81.9 Å². The molecule has 0 rings (SSSR count). The SMILES string of the molecule is CCN(CC)[SiH2][SiH2]N(CC)CC. The summed E-state index contributed by atoms with van der Waals surface area (Å²) in [4.78, 5) is 0. The Morgan fingerprint density at radius 1 is 0.667 bits per heavy atom. The zero-order chi connectivity index (χ0) is 9.40. The Hall–Kier alpha value is 0.354. The standard InChI is InChI=1S/C8H24N2Si2/c1-5-9(6-2)11-12-10(7-3)8-4/h5-8,11-12H2,1-4H3. The smallest absolute Gasteiger partial charge is 0.0968 e. The molecule has 0 aliphatic carbocycles. The van der Waals surface area contributed by atoms with Crippen LogP contribution in [0.5, 0.6) is 0 Å². The lowest BCUT2D eigenvalue weighted by atomic mass is 10.7. The molecule has 0 heterocycles. The number of rotatable bonds is 7. The van der Waals surface area contributed by atoms with Gasteiger partial charge in [-0.25, -0.2) is 0 Å². The summed E-state index contributed by atoms with van der Waals surface area (Å²) >= 11 is 0. The first-order valence-corrected chi connectivity index (χ1v) is 10.5. The zero-order valence-electron chi connectivity index (χ0n) is 9.14. The molecule has 0 saturated carbocycles. The molecule has 0 aromatic heterocycles. The third-order valence-corrected chi connectivity index (χ3v) is 10.2. The zero-order valence-corrected chi connectivity index (χ0v) is 12.0. The Morgan fingerprint density at radius 3 is 1.08 bits per heavy atom. The van der Waals surface area contributed by atoms with Crippen LogP contribution in [0.2, 0.25) is 0 Å². The van der Waals surface area contributed by atoms with Gasteiger partial charge in [0, 0.05) is 0 Å². The number of hydrogen-bond acceptors (Lipinski definition) is 2. The van der Waals surface area contributed by atoms with Crippen molar-refractivity contribution in [2.75, 3.05) is 26.2 Å². The van der Waals surface area contributed by atoms with E-state index in [-0.39, 0.29) is 18.4 Å². The van der Waals surface area contributed by atoms with E-state index >= 15 is 0 Å². The molecule has 4 heteroatoms. The van der Waals surface area contributed by atoms with Crippen LogP contribution in [0.3, 0.4) is 0 Å². The van der Waals surface area contributed by atoms with Gasteiger partial charge in [0.25, 0.3) is 0 Å². The summed E-state index contributed by atoms with van der Waals surface area (Å²) < 4.78 is 5.34. The fourth-order valence-electron chi connectivity index (χ4n) is 1.36. The molecular weight excluding hydrogens is 180 g/mol. The first-order chi connectivity index (χ1) is 5.78. The van der Waals surface area contributed by atoms with Crippen LogP contribution in [-0.4, -0.2) is 53.7 Å². The second-order valence-corrected chi connectivity index (χ2v) is 8.42. The van der Waals surface area contributed by atoms with Gasteiger partial charge in [-0.2, -0.15) is 0 Å². The second kappa shape index (κ2) is 7.98. The summed E-state index contributed by atoms with van der Waals surface area (Å²) in [6.45, 7) is 14.2. The van der Waals surface area contributed by atoms with Gasteiger partial charge in [0.15, 0.2) is 0 Å². The van der Waals surface area contributed by atoms with Crippen LogP contribution in [0.25, 0.3) is 0 Å². The van der Waals surface area contributed by atoms with Crippen LogP contribution < -0.4 is 0 Å². The average Bonchev–Trinajstić information content (AvgIpc) is 2.13. The Bertz CT molecular complexity index is 81.1. The Morgan fingerprint density at radius 2 is 0.917 bits per heavy atom. The second-order valence-electron chi connectivity index (χ2n) is 3.05. The summed E-state index contributed by atoms with van der Waals surface area (Å²) in [5.41, 5.74) is 0. The van der Waals surface area contributed by atoms with Gasteiger partial charge in [-0.05, 0) is 26.2 Å². The van der Waals surface area contributed by atoms with Gasteiger partial charge in [0.1, 0.15) is 0 Å². The third-order valence-electron chi connectivity index (χ3n) is 2.52. The van der Waals surface area contributed by atoms with Crippen LogP contribution in [0.1, 0.15) is 27.7 Å². The van der Waals surface area contributed by atoms with Crippen molar-refractivity contribution in [2.45, 2.75) is 27.7 Å². The minimum Gasteiger partial charge on any atom is -0.331 e. The molecule has 0 amide bonds. The monoisotopic (exact) mass is 204 g/mol. The Kier molecular flexibility index (Phi) is 8.21. The summed E-state index contributed by atoms with van der Waals surface area (Å²) in [5.74, 6) is 0. The molecule has 0 bridgehead atoms. The van der Waals surface area contributed by atoms with Gasteiger partial charge in [-0.15, -0.1) is 0 Å². The molecule has 0 spiro atoms. The molecule has 0 atom stereocenters. The average molecular weight is 204 g/mol. The molecule has 2 nitrogen and oxygen atoms in total. The highest BCUT2D eigenvalue weighted by Crippen LogP contribution is 1.86. The summed E-state index contributed by atoms with van der Waals surface area (Å²) in [7, 11) is 0.308. The van der Waals surface area contributed by atoms with Gasteiger partial charge < -0.3 is 9.13 Å². The predicted molar refractivity (Wildman–Crippen MR) is 62.9 cm³/mol. The molecule has 0 aliphatic rings. The van der Waals surface area contributed by atoms with Gasteiger partial charge >= 0.3 is 0 Å². The highest BCUT2D eigenvalue weighted by Gasteiger charge is 2.03. The molecule has 0 N–H and O–H groups in total. The number of nitrogens with zero attached hydrogens (tertiary/aromatic N) is 2. The van der Waals surface area contributed by atoms with Crippen LogP contribution in [0, 0.1) is 0 Å². The minimum absolute atomic E-state index is 0.154. The maximum atomic E-state index is 2.67. The van der Waals surface area contributed by atoms with E-state index in [1.165, 1.54) is 26.2 Å². The fraction of sp³-hybridized carbons (Fsp3) is 1.00. The normalized spacial score (nSPS) is 13.5. The van der Waals surface area contributed by atoms with Crippen molar-refractivity contribution in [3.05, 3.63) is 0 Å². The lowest BCUT2D eigenvalue weighted by Crippen LogP contribution is -2.40. The van der Waals surface area contributed by atoms with E-state index in [1.807, 2.05) is 0 Å². The first kappa shape index (κ1) is 12.4. The summed E-state index contributed by atoms with van der Waals surface area (Å²) in [6, 6.07) is 0. The fourth-order valence-corrected chi connectivity index (χ4v) is 8.68. The van der Waals surface area contributed by atoms with Crippen molar-refractivity contribution in [2.24, 2.45) is 0 Å². The van der Waals surface area contributed by atoms with Crippen molar-refractivity contribution >= 4 is 18.4 Å². The predicted octanol–water partition coefficient (Wildman–Crippen LogP) is -0.247. The molecule has 0 fully saturated rings. The van der Waals surface area contributed by atoms with Gasteiger partial charge in [-0.1, -0.05) is 27.7 Å². The summed E-state index contributed by atoms with van der Waals surface area (Å²) in [6.07, 6.45) is 0. The van der Waals surface area contributed by atoms with E-state index in [2.05, 4.69) is 36.8 Å². The molecule has 74 valence electrons. The van der Waals surface area contributed by atoms with E-state index in [9.17, 15) is 0 Å². The van der Waals surface area contributed by atoms with E-state index in [0.29, 0.717) is 0 Å². The largest absolute Gasteiger partial charge is 0.331 e. The topological polar surface area (TPSA) is 6.48 Å². The molecule has 0 aromatic rings. The maximum absolute atomic E-state index is 2.67. The summed E-state index contributed by atoms with van der Waals surface area (Å²) in [5, 5.41) is 0. The van der Waals surface area contributed by atoms with Gasteiger partial charge in [-0.3, -0.25) is 0 Å². The first-order valence-electron chi connectivity index (χ1n) is 5.23. The lowest BCUT2D eigenvalue weighted by molar-refractivity contribution is 0.481. The quantitative estimate of drug-likeness (QED) is 0.528. The van der Waals surface area contributed by atoms with Crippen molar-refractivity contribution in [1.82, 2.24) is 9.13 Å². The van der Waals surface area contributed by atoms with E-state index in [1.54, 1.807) is 0 Å². The highest BCUT2D eigenvalue weighted by atomic mass is 29.2.